The monoisotopic (exact) mass is 420 g/mol. The number of aliphatic hydroxyl groups excluding tert-OH is 2. The Kier molecular flexibility index (Phi) is 9.54. The second kappa shape index (κ2) is 11.4. The van der Waals surface area contributed by atoms with Gasteiger partial charge in [0.2, 0.25) is 0 Å². The van der Waals surface area contributed by atoms with Crippen LogP contribution in [0.25, 0.3) is 0 Å². The van der Waals surface area contributed by atoms with Crippen LogP contribution in [0.15, 0.2) is 0 Å². The Labute approximate surface area is 172 Å². The maximum absolute atomic E-state index is 12.8. The van der Waals surface area contributed by atoms with Gasteiger partial charge in [-0.25, -0.2) is 4.79 Å². The lowest BCUT2D eigenvalue weighted by molar-refractivity contribution is -0.140. The van der Waals surface area contributed by atoms with Gasteiger partial charge in [-0.3, -0.25) is 0 Å². The molecule has 10 nitrogen and oxygen atoms in total. The molecule has 29 heavy (non-hydrogen) atoms. The van der Waals surface area contributed by atoms with E-state index >= 15 is 0 Å². The van der Waals surface area contributed by atoms with E-state index < -0.39 is 17.8 Å². The Balaban J connectivity index is 1.94. The first-order valence-electron chi connectivity index (χ1n) is 10.0. The van der Waals surface area contributed by atoms with Crippen LogP contribution in [-0.2, 0) is 23.7 Å². The minimum atomic E-state index is -0.808. The highest BCUT2D eigenvalue weighted by Gasteiger charge is 2.38. The molecule has 2 aliphatic heterocycles. The molecule has 5 atom stereocenters. The standard InChI is InChI=1S/C19H36N2O8/c1-19(2,5-16(26-4)17-7-20-6-13(10-22)28-17)29-18(24)21-8-14(11-23)27-15(9-21)12-25-3/h13-17,20,22-23H,5-12H2,1-4H3/t13-,14-,15+,16?,17+/m1/s1. The summed E-state index contributed by atoms with van der Waals surface area (Å²) >= 11 is 0. The summed E-state index contributed by atoms with van der Waals surface area (Å²) in [6.07, 6.45) is -1.67. The molecule has 1 unspecified atom stereocenters. The number of carbonyl (C=O) groups excluding carboxylic acids is 1. The first-order chi connectivity index (χ1) is 13.8. The van der Waals surface area contributed by atoms with E-state index in [9.17, 15) is 15.0 Å². The van der Waals surface area contributed by atoms with Gasteiger partial charge >= 0.3 is 6.09 Å². The number of hydrogen-bond donors (Lipinski definition) is 3. The molecule has 10 heteroatoms. The number of ether oxygens (including phenoxy) is 5. The predicted octanol–water partition coefficient (Wildman–Crippen LogP) is -0.636. The molecule has 1 amide bonds. The third kappa shape index (κ3) is 7.32. The normalized spacial score (nSPS) is 29.5. The van der Waals surface area contributed by atoms with E-state index in [2.05, 4.69) is 5.32 Å². The summed E-state index contributed by atoms with van der Waals surface area (Å²) in [4.78, 5) is 14.3. The minimum absolute atomic E-state index is 0.0655. The van der Waals surface area contributed by atoms with E-state index in [1.54, 1.807) is 14.2 Å². The van der Waals surface area contributed by atoms with E-state index in [1.165, 1.54) is 4.90 Å². The number of nitrogens with zero attached hydrogens (tertiary/aromatic N) is 1. The Hall–Kier alpha value is -1.01. The van der Waals surface area contributed by atoms with Crippen LogP contribution in [0.2, 0.25) is 0 Å². The smallest absolute Gasteiger partial charge is 0.410 e. The van der Waals surface area contributed by atoms with Crippen LogP contribution < -0.4 is 5.32 Å². The molecule has 0 spiro atoms. The summed E-state index contributed by atoms with van der Waals surface area (Å²) in [6, 6.07) is 0. The summed E-state index contributed by atoms with van der Waals surface area (Å²) in [5.41, 5.74) is -0.808. The van der Waals surface area contributed by atoms with Gasteiger partial charge in [-0.2, -0.15) is 0 Å². The Morgan fingerprint density at radius 1 is 1.14 bits per heavy atom. The summed E-state index contributed by atoms with van der Waals surface area (Å²) in [5, 5.41) is 22.0. The van der Waals surface area contributed by atoms with Gasteiger partial charge in [-0.15, -0.1) is 0 Å². The fraction of sp³-hybridized carbons (Fsp3) is 0.947. The predicted molar refractivity (Wildman–Crippen MR) is 104 cm³/mol. The van der Waals surface area contributed by atoms with Gasteiger partial charge in [0, 0.05) is 33.7 Å². The SMILES string of the molecule is COC[C@@H]1CN(C(=O)OC(C)(C)CC(OC)[C@@H]2CNC[C@H](CO)O2)C[C@H](CO)O1. The fourth-order valence-electron chi connectivity index (χ4n) is 3.70. The zero-order chi connectivity index (χ0) is 21.4. The van der Waals surface area contributed by atoms with Crippen molar-refractivity contribution >= 4 is 6.09 Å². The highest BCUT2D eigenvalue weighted by molar-refractivity contribution is 5.68. The molecule has 2 saturated heterocycles. The lowest BCUT2D eigenvalue weighted by Crippen LogP contribution is -2.55. The summed E-state index contributed by atoms with van der Waals surface area (Å²) < 4.78 is 28.1. The molecule has 2 fully saturated rings. The Bertz CT molecular complexity index is 507. The van der Waals surface area contributed by atoms with Crippen LogP contribution in [0, 0.1) is 0 Å². The lowest BCUT2D eigenvalue weighted by atomic mass is 9.96. The average Bonchev–Trinajstić information content (AvgIpc) is 2.71. The maximum Gasteiger partial charge on any atom is 0.410 e. The average molecular weight is 421 g/mol. The number of aliphatic hydroxyl groups is 2. The molecule has 2 rings (SSSR count). The highest BCUT2D eigenvalue weighted by Crippen LogP contribution is 2.25. The molecule has 0 radical (unpaired) electrons. The van der Waals surface area contributed by atoms with Crippen molar-refractivity contribution in [3.05, 3.63) is 0 Å². The van der Waals surface area contributed by atoms with Gasteiger partial charge in [0.25, 0.3) is 0 Å². The van der Waals surface area contributed by atoms with E-state index in [1.807, 2.05) is 13.8 Å². The van der Waals surface area contributed by atoms with E-state index in [0.29, 0.717) is 32.7 Å². The number of morpholine rings is 2. The van der Waals surface area contributed by atoms with Crippen molar-refractivity contribution < 1.29 is 38.7 Å². The fourth-order valence-corrected chi connectivity index (χ4v) is 3.70. The van der Waals surface area contributed by atoms with Gasteiger partial charge < -0.3 is 44.1 Å². The molecule has 0 aromatic carbocycles. The Morgan fingerprint density at radius 3 is 2.45 bits per heavy atom. The van der Waals surface area contributed by atoms with E-state index in [-0.39, 0.29) is 44.2 Å². The molecule has 3 N–H and O–H groups in total. The molecule has 0 bridgehead atoms. The van der Waals surface area contributed by atoms with Crippen LogP contribution >= 0.6 is 0 Å². The number of rotatable bonds is 9. The van der Waals surface area contributed by atoms with Crippen molar-refractivity contribution in [2.75, 3.05) is 60.2 Å². The van der Waals surface area contributed by atoms with Crippen LogP contribution in [-0.4, -0.2) is 118 Å². The number of methoxy groups -OCH3 is 2. The van der Waals surface area contributed by atoms with Crippen molar-refractivity contribution in [2.24, 2.45) is 0 Å². The van der Waals surface area contributed by atoms with Gasteiger partial charge in [0.1, 0.15) is 5.60 Å². The van der Waals surface area contributed by atoms with E-state index in [4.69, 9.17) is 23.7 Å². The van der Waals surface area contributed by atoms with Gasteiger partial charge in [0.05, 0.1) is 63.4 Å². The molecule has 0 aliphatic carbocycles. The van der Waals surface area contributed by atoms with Crippen LogP contribution in [0.3, 0.4) is 0 Å². The van der Waals surface area contributed by atoms with Crippen molar-refractivity contribution in [3.8, 4) is 0 Å². The zero-order valence-electron chi connectivity index (χ0n) is 17.8. The molecule has 2 aliphatic rings. The van der Waals surface area contributed by atoms with Crippen molar-refractivity contribution in [1.82, 2.24) is 10.2 Å². The molecule has 0 aromatic rings. The van der Waals surface area contributed by atoms with Crippen molar-refractivity contribution in [2.45, 2.75) is 56.4 Å². The van der Waals surface area contributed by atoms with Gasteiger partial charge in [-0.1, -0.05) is 0 Å². The molecular formula is C19H36N2O8. The maximum atomic E-state index is 12.8. The summed E-state index contributed by atoms with van der Waals surface area (Å²) in [5.74, 6) is 0. The Morgan fingerprint density at radius 2 is 1.83 bits per heavy atom. The van der Waals surface area contributed by atoms with Crippen molar-refractivity contribution in [1.29, 1.82) is 0 Å². The van der Waals surface area contributed by atoms with Crippen LogP contribution in [0.4, 0.5) is 4.79 Å². The number of amides is 1. The number of nitrogens with one attached hydrogen (secondary N) is 1. The molecule has 2 heterocycles. The zero-order valence-corrected chi connectivity index (χ0v) is 17.8. The molecular weight excluding hydrogens is 384 g/mol. The molecule has 0 saturated carbocycles. The second-order valence-electron chi connectivity index (χ2n) is 8.17. The minimum Gasteiger partial charge on any atom is -0.443 e. The largest absolute Gasteiger partial charge is 0.443 e. The third-order valence-corrected chi connectivity index (χ3v) is 5.11. The molecule has 0 aromatic heterocycles. The lowest BCUT2D eigenvalue weighted by Gasteiger charge is -2.40. The number of carbonyl (C=O) groups is 1. The molecule has 170 valence electrons. The summed E-state index contributed by atoms with van der Waals surface area (Å²) in [7, 11) is 3.16. The second-order valence-corrected chi connectivity index (χ2v) is 8.17. The van der Waals surface area contributed by atoms with Crippen LogP contribution in [0.5, 0.6) is 0 Å². The van der Waals surface area contributed by atoms with Crippen LogP contribution in [0.1, 0.15) is 20.3 Å². The van der Waals surface area contributed by atoms with Crippen molar-refractivity contribution in [3.63, 3.8) is 0 Å². The number of hydrogen-bond acceptors (Lipinski definition) is 9. The highest BCUT2D eigenvalue weighted by atomic mass is 16.6. The van der Waals surface area contributed by atoms with Gasteiger partial charge in [-0.05, 0) is 13.8 Å². The summed E-state index contributed by atoms with van der Waals surface area (Å²) in [6.45, 7) is 5.51. The quantitative estimate of drug-likeness (QED) is 0.448. The van der Waals surface area contributed by atoms with E-state index in [0.717, 1.165) is 0 Å². The van der Waals surface area contributed by atoms with Gasteiger partial charge in [0.15, 0.2) is 0 Å². The first-order valence-corrected chi connectivity index (χ1v) is 10.0. The first kappa shape index (κ1) is 24.3. The topological polar surface area (TPSA) is 119 Å². The third-order valence-electron chi connectivity index (χ3n) is 5.11.